The molecule has 0 spiro atoms. The van der Waals surface area contributed by atoms with Crippen LogP contribution in [0.15, 0.2) is 24.3 Å². The minimum Gasteiger partial charge on any atom is -0.334 e. The Morgan fingerprint density at radius 2 is 1.92 bits per heavy atom. The fourth-order valence-electron chi connectivity index (χ4n) is 3.66. The first kappa shape index (κ1) is 21.1. The van der Waals surface area contributed by atoms with Gasteiger partial charge in [-0.15, -0.1) is 24.2 Å². The van der Waals surface area contributed by atoms with Crippen LogP contribution in [0.25, 0.3) is 0 Å². The first-order valence-electron chi connectivity index (χ1n) is 9.05. The molecule has 2 fully saturated rings. The van der Waals surface area contributed by atoms with Crippen molar-refractivity contribution in [3.8, 4) is 0 Å². The molecule has 2 aliphatic heterocycles. The number of anilines is 1. The molecule has 3 rings (SSSR count). The minimum atomic E-state index is -0.190. The monoisotopic (exact) mass is 397 g/mol. The van der Waals surface area contributed by atoms with Crippen LogP contribution < -0.4 is 10.6 Å². The summed E-state index contributed by atoms with van der Waals surface area (Å²) in [5, 5.41) is 6.12. The highest BCUT2D eigenvalue weighted by atomic mass is 35.5. The summed E-state index contributed by atoms with van der Waals surface area (Å²) in [6, 6.07) is 8.43. The number of fused-ring (bicyclic) bond motifs is 2. The van der Waals surface area contributed by atoms with Gasteiger partial charge in [0, 0.05) is 24.3 Å². The number of carbonyl (C=O) groups excluding carboxylic acids is 2. The summed E-state index contributed by atoms with van der Waals surface area (Å²) in [6.45, 7) is 5.82. The number of hydrogen-bond donors (Lipinski definition) is 2. The van der Waals surface area contributed by atoms with Crippen LogP contribution in [-0.4, -0.2) is 52.9 Å². The van der Waals surface area contributed by atoms with E-state index in [1.165, 1.54) is 11.8 Å². The van der Waals surface area contributed by atoms with Crippen LogP contribution >= 0.6 is 24.2 Å². The predicted molar refractivity (Wildman–Crippen MR) is 110 cm³/mol. The number of carbonyl (C=O) groups is 2. The average Bonchev–Trinajstić information content (AvgIpc) is 2.87. The molecule has 2 heterocycles. The highest BCUT2D eigenvalue weighted by Gasteiger charge is 2.39. The van der Waals surface area contributed by atoms with Crippen molar-refractivity contribution in [3.05, 3.63) is 29.8 Å². The molecule has 2 aliphatic rings. The van der Waals surface area contributed by atoms with Crippen molar-refractivity contribution in [1.82, 2.24) is 10.2 Å². The van der Waals surface area contributed by atoms with Gasteiger partial charge >= 0.3 is 0 Å². The quantitative estimate of drug-likeness (QED) is 0.802. The van der Waals surface area contributed by atoms with Crippen LogP contribution in [0.2, 0.25) is 0 Å². The molecule has 3 unspecified atom stereocenters. The summed E-state index contributed by atoms with van der Waals surface area (Å²) < 4.78 is 0. The third kappa shape index (κ3) is 5.15. The van der Waals surface area contributed by atoms with Crippen molar-refractivity contribution < 1.29 is 9.59 Å². The van der Waals surface area contributed by atoms with Crippen LogP contribution in [0, 0.1) is 6.92 Å². The minimum absolute atomic E-state index is 0. The second-order valence-electron chi connectivity index (χ2n) is 6.99. The summed E-state index contributed by atoms with van der Waals surface area (Å²) in [7, 11) is 0. The Labute approximate surface area is 166 Å². The Morgan fingerprint density at radius 1 is 1.23 bits per heavy atom. The molecule has 2 saturated heterocycles. The zero-order chi connectivity index (χ0) is 17.8. The lowest BCUT2D eigenvalue weighted by atomic mass is 10.1. The Hall–Kier alpha value is -1.24. The molecule has 0 radical (unpaired) electrons. The molecule has 144 valence electrons. The normalized spacial score (nSPS) is 22.9. The van der Waals surface area contributed by atoms with Gasteiger partial charge in [-0.3, -0.25) is 9.59 Å². The number of nitrogens with one attached hydrogen (secondary N) is 2. The third-order valence-electron chi connectivity index (χ3n) is 5.06. The number of aryl methyl sites for hydroxylation is 1. The largest absolute Gasteiger partial charge is 0.334 e. The first-order valence-corrected chi connectivity index (χ1v) is 10.1. The lowest BCUT2D eigenvalue weighted by Gasteiger charge is -2.30. The van der Waals surface area contributed by atoms with Gasteiger partial charge in [0.15, 0.2) is 0 Å². The second-order valence-corrected chi connectivity index (χ2v) is 8.32. The Kier molecular flexibility index (Phi) is 7.80. The SMILES string of the molecule is Cc1ccc(NC(=O)CSC(C)C(=O)N2C3CCNCC2CC3)cc1.Cl. The van der Waals surface area contributed by atoms with Crippen molar-refractivity contribution >= 4 is 41.7 Å². The van der Waals surface area contributed by atoms with Gasteiger partial charge in [-0.05, 0) is 51.8 Å². The summed E-state index contributed by atoms with van der Waals surface area (Å²) in [6.07, 6.45) is 3.24. The molecule has 0 saturated carbocycles. The maximum atomic E-state index is 12.9. The highest BCUT2D eigenvalue weighted by molar-refractivity contribution is 8.01. The van der Waals surface area contributed by atoms with E-state index in [0.717, 1.165) is 43.6 Å². The Balaban J connectivity index is 0.00000243. The van der Waals surface area contributed by atoms with Crippen molar-refractivity contribution in [2.75, 3.05) is 24.2 Å². The maximum Gasteiger partial charge on any atom is 0.235 e. The summed E-state index contributed by atoms with van der Waals surface area (Å²) in [5.74, 6) is 0.417. The molecule has 7 heteroatoms. The second kappa shape index (κ2) is 9.62. The van der Waals surface area contributed by atoms with E-state index in [9.17, 15) is 9.59 Å². The molecule has 26 heavy (non-hydrogen) atoms. The number of hydrogen-bond acceptors (Lipinski definition) is 4. The number of nitrogens with zero attached hydrogens (tertiary/aromatic N) is 1. The molecular formula is C19H28ClN3O2S. The van der Waals surface area contributed by atoms with Gasteiger partial charge in [-0.25, -0.2) is 0 Å². The molecule has 3 atom stereocenters. The zero-order valence-corrected chi connectivity index (χ0v) is 17.0. The van der Waals surface area contributed by atoms with E-state index >= 15 is 0 Å². The molecule has 0 aromatic heterocycles. The summed E-state index contributed by atoms with van der Waals surface area (Å²) in [4.78, 5) is 27.1. The predicted octanol–water partition coefficient (Wildman–Crippen LogP) is 2.83. The Bertz CT molecular complexity index is 612. The molecule has 2 amide bonds. The molecule has 2 bridgehead atoms. The molecular weight excluding hydrogens is 370 g/mol. The lowest BCUT2D eigenvalue weighted by Crippen LogP contribution is -2.46. The third-order valence-corrected chi connectivity index (χ3v) is 6.19. The van der Waals surface area contributed by atoms with E-state index in [1.54, 1.807) is 0 Å². The van der Waals surface area contributed by atoms with E-state index in [0.29, 0.717) is 17.8 Å². The van der Waals surface area contributed by atoms with E-state index in [4.69, 9.17) is 0 Å². The van der Waals surface area contributed by atoms with Crippen molar-refractivity contribution in [3.63, 3.8) is 0 Å². The number of rotatable bonds is 5. The van der Waals surface area contributed by atoms with Crippen LogP contribution in [0.1, 0.15) is 31.7 Å². The number of benzene rings is 1. The Morgan fingerprint density at radius 3 is 2.65 bits per heavy atom. The summed E-state index contributed by atoms with van der Waals surface area (Å²) in [5.41, 5.74) is 1.96. The van der Waals surface area contributed by atoms with Crippen molar-refractivity contribution in [2.24, 2.45) is 0 Å². The zero-order valence-electron chi connectivity index (χ0n) is 15.4. The van der Waals surface area contributed by atoms with Gasteiger partial charge in [0.2, 0.25) is 11.8 Å². The number of halogens is 1. The van der Waals surface area contributed by atoms with Gasteiger partial charge in [0.1, 0.15) is 0 Å². The van der Waals surface area contributed by atoms with Gasteiger partial charge in [-0.2, -0.15) is 0 Å². The van der Waals surface area contributed by atoms with Crippen LogP contribution in [0.4, 0.5) is 5.69 Å². The fourth-order valence-corrected chi connectivity index (χ4v) is 4.40. The molecule has 1 aromatic rings. The van der Waals surface area contributed by atoms with Crippen molar-refractivity contribution in [2.45, 2.75) is 50.4 Å². The molecule has 5 nitrogen and oxygen atoms in total. The van der Waals surface area contributed by atoms with E-state index in [2.05, 4.69) is 15.5 Å². The molecule has 1 aromatic carbocycles. The number of thioether (sulfide) groups is 1. The van der Waals surface area contributed by atoms with E-state index < -0.39 is 0 Å². The van der Waals surface area contributed by atoms with E-state index in [-0.39, 0.29) is 29.5 Å². The van der Waals surface area contributed by atoms with Gasteiger partial charge < -0.3 is 15.5 Å². The van der Waals surface area contributed by atoms with Gasteiger partial charge in [0.25, 0.3) is 0 Å². The standard InChI is InChI=1S/C19H27N3O2S.ClH/c1-13-3-5-15(6-4-13)21-18(23)12-25-14(2)19(24)22-16-7-8-17(22)11-20-10-9-16;/h3-6,14,16-17,20H,7-12H2,1-2H3,(H,21,23);1H. The summed E-state index contributed by atoms with van der Waals surface area (Å²) >= 11 is 1.42. The molecule has 2 N–H and O–H groups in total. The lowest BCUT2D eigenvalue weighted by molar-refractivity contribution is -0.132. The van der Waals surface area contributed by atoms with Gasteiger partial charge in [-0.1, -0.05) is 17.7 Å². The van der Waals surface area contributed by atoms with Crippen LogP contribution in [0.3, 0.4) is 0 Å². The topological polar surface area (TPSA) is 61.4 Å². The highest BCUT2D eigenvalue weighted by Crippen LogP contribution is 2.30. The van der Waals surface area contributed by atoms with Crippen LogP contribution in [-0.2, 0) is 9.59 Å². The van der Waals surface area contributed by atoms with Crippen LogP contribution in [0.5, 0.6) is 0 Å². The smallest absolute Gasteiger partial charge is 0.235 e. The average molecular weight is 398 g/mol. The first-order chi connectivity index (χ1) is 12.0. The van der Waals surface area contributed by atoms with Gasteiger partial charge in [0.05, 0.1) is 11.0 Å². The maximum absolute atomic E-state index is 12.9. The fraction of sp³-hybridized carbons (Fsp3) is 0.579. The molecule has 0 aliphatic carbocycles. The van der Waals surface area contributed by atoms with E-state index in [1.807, 2.05) is 38.1 Å². The van der Waals surface area contributed by atoms with Crippen molar-refractivity contribution in [1.29, 1.82) is 0 Å². The number of amides is 2.